The Kier molecular flexibility index (Phi) is 6.71. The molecule has 30 heavy (non-hydrogen) atoms. The number of imidazole rings is 1. The largest absolute Gasteiger partial charge is 0.392 e. The molecule has 0 bridgehead atoms. The van der Waals surface area contributed by atoms with Crippen LogP contribution in [0.4, 0.5) is 0 Å². The van der Waals surface area contributed by atoms with Gasteiger partial charge in [0.25, 0.3) is 5.91 Å². The highest BCUT2D eigenvalue weighted by Gasteiger charge is 2.17. The number of aliphatic hydroxyl groups is 1. The van der Waals surface area contributed by atoms with Gasteiger partial charge in [0, 0.05) is 25.8 Å². The maximum atomic E-state index is 12.5. The lowest BCUT2D eigenvalue weighted by atomic mass is 10.1. The predicted octanol–water partition coefficient (Wildman–Crippen LogP) is 2.25. The second-order valence-electron chi connectivity index (χ2n) is 7.95. The van der Waals surface area contributed by atoms with E-state index in [9.17, 15) is 9.90 Å². The lowest BCUT2D eigenvalue weighted by Crippen LogP contribution is -2.39. The fraction of sp³-hybridized carbons (Fsp3) is 0.435. The minimum absolute atomic E-state index is 0.123. The van der Waals surface area contributed by atoms with Crippen LogP contribution >= 0.6 is 0 Å². The molecular formula is C23H29N5O2. The Hall–Kier alpha value is -2.77. The van der Waals surface area contributed by atoms with E-state index in [1.807, 2.05) is 22.8 Å². The molecule has 3 heterocycles. The van der Waals surface area contributed by atoms with Gasteiger partial charge in [-0.05, 0) is 50.4 Å². The first-order valence-corrected chi connectivity index (χ1v) is 10.7. The molecule has 1 unspecified atom stereocenters. The number of nitrogens with zero attached hydrogens (tertiary/aromatic N) is 4. The quantitative estimate of drug-likeness (QED) is 0.560. The van der Waals surface area contributed by atoms with Crippen LogP contribution in [0.25, 0.3) is 11.2 Å². The van der Waals surface area contributed by atoms with E-state index in [4.69, 9.17) is 0 Å². The Morgan fingerprint density at radius 2 is 2.07 bits per heavy atom. The Morgan fingerprint density at radius 3 is 2.90 bits per heavy atom. The zero-order valence-corrected chi connectivity index (χ0v) is 17.2. The topological polar surface area (TPSA) is 83.3 Å². The number of nitrogens with one attached hydrogen (secondary N) is 1. The van der Waals surface area contributed by atoms with Crippen molar-refractivity contribution < 1.29 is 9.90 Å². The van der Waals surface area contributed by atoms with Crippen LogP contribution < -0.4 is 5.32 Å². The number of aliphatic hydroxyl groups excluding tert-OH is 1. The van der Waals surface area contributed by atoms with Gasteiger partial charge in [0.15, 0.2) is 5.65 Å². The molecule has 1 aromatic carbocycles. The van der Waals surface area contributed by atoms with E-state index in [-0.39, 0.29) is 12.0 Å². The minimum atomic E-state index is -0.210. The standard InChI is InChI=1S/C23H29N5O2/c29-20-8-4-11-27(16-20)12-5-10-24-23(30)19-14-21-22(25-15-19)28(17-26-21)13-9-18-6-2-1-3-7-18/h1-3,6-7,14-15,17,20,29H,4-5,8-13,16H2,(H,24,30). The van der Waals surface area contributed by atoms with Crippen LogP contribution in [-0.2, 0) is 13.0 Å². The van der Waals surface area contributed by atoms with Crippen LogP contribution in [0, 0.1) is 0 Å². The lowest BCUT2D eigenvalue weighted by molar-refractivity contribution is 0.0697. The van der Waals surface area contributed by atoms with E-state index in [2.05, 4.69) is 32.3 Å². The predicted molar refractivity (Wildman–Crippen MR) is 116 cm³/mol. The molecule has 1 saturated heterocycles. The van der Waals surface area contributed by atoms with Crippen molar-refractivity contribution in [1.29, 1.82) is 0 Å². The van der Waals surface area contributed by atoms with Gasteiger partial charge in [0.1, 0.15) is 5.52 Å². The van der Waals surface area contributed by atoms with Gasteiger partial charge in [-0.1, -0.05) is 30.3 Å². The molecule has 1 fully saturated rings. The van der Waals surface area contributed by atoms with Crippen molar-refractivity contribution in [3.63, 3.8) is 0 Å². The van der Waals surface area contributed by atoms with Gasteiger partial charge < -0.3 is 19.9 Å². The number of fused-ring (bicyclic) bond motifs is 1. The third-order valence-corrected chi connectivity index (χ3v) is 5.62. The van der Waals surface area contributed by atoms with Crippen LogP contribution in [0.1, 0.15) is 35.2 Å². The van der Waals surface area contributed by atoms with E-state index in [0.29, 0.717) is 12.1 Å². The highest BCUT2D eigenvalue weighted by atomic mass is 16.3. The van der Waals surface area contributed by atoms with Crippen LogP contribution in [0.2, 0.25) is 0 Å². The monoisotopic (exact) mass is 407 g/mol. The van der Waals surface area contributed by atoms with Crippen LogP contribution in [0.15, 0.2) is 48.9 Å². The van der Waals surface area contributed by atoms with E-state index in [0.717, 1.165) is 63.0 Å². The fourth-order valence-corrected chi connectivity index (χ4v) is 3.97. The smallest absolute Gasteiger partial charge is 0.252 e. The fourth-order valence-electron chi connectivity index (χ4n) is 3.97. The zero-order chi connectivity index (χ0) is 20.8. The van der Waals surface area contributed by atoms with Crippen molar-refractivity contribution in [2.24, 2.45) is 0 Å². The van der Waals surface area contributed by atoms with Gasteiger partial charge in [0.2, 0.25) is 0 Å². The lowest BCUT2D eigenvalue weighted by Gasteiger charge is -2.29. The summed E-state index contributed by atoms with van der Waals surface area (Å²) >= 11 is 0. The molecule has 0 aliphatic carbocycles. The summed E-state index contributed by atoms with van der Waals surface area (Å²) in [6.07, 6.45) is 6.90. The zero-order valence-electron chi connectivity index (χ0n) is 17.2. The highest BCUT2D eigenvalue weighted by molar-refractivity contribution is 5.96. The number of carbonyl (C=O) groups excluding carboxylic acids is 1. The number of pyridine rings is 1. The molecule has 1 atom stereocenters. The van der Waals surface area contributed by atoms with Crippen molar-refractivity contribution in [3.8, 4) is 0 Å². The second-order valence-corrected chi connectivity index (χ2v) is 7.95. The van der Waals surface area contributed by atoms with Gasteiger partial charge in [-0.15, -0.1) is 0 Å². The molecule has 7 nitrogen and oxygen atoms in total. The number of aryl methyl sites for hydroxylation is 2. The van der Waals surface area contributed by atoms with E-state index in [1.54, 1.807) is 18.6 Å². The number of likely N-dealkylation sites (tertiary alicyclic amines) is 1. The molecule has 3 aromatic rings. The number of amides is 1. The molecule has 4 rings (SSSR count). The second kappa shape index (κ2) is 9.82. The molecule has 158 valence electrons. The van der Waals surface area contributed by atoms with Gasteiger partial charge in [0.05, 0.1) is 18.0 Å². The first-order valence-electron chi connectivity index (χ1n) is 10.7. The summed E-state index contributed by atoms with van der Waals surface area (Å²) in [4.78, 5) is 23.6. The summed E-state index contributed by atoms with van der Waals surface area (Å²) in [7, 11) is 0. The Bertz CT molecular complexity index is 972. The van der Waals surface area contributed by atoms with Crippen LogP contribution in [-0.4, -0.2) is 62.7 Å². The summed E-state index contributed by atoms with van der Waals surface area (Å²) in [6.45, 7) is 4.06. The number of benzene rings is 1. The van der Waals surface area contributed by atoms with Crippen molar-refractivity contribution in [1.82, 2.24) is 24.8 Å². The number of rotatable bonds is 8. The first-order chi connectivity index (χ1) is 14.7. The van der Waals surface area contributed by atoms with Crippen molar-refractivity contribution in [2.45, 2.75) is 38.3 Å². The van der Waals surface area contributed by atoms with Crippen LogP contribution in [0.5, 0.6) is 0 Å². The molecule has 2 aromatic heterocycles. The van der Waals surface area contributed by atoms with E-state index < -0.39 is 0 Å². The third kappa shape index (κ3) is 5.23. The number of hydrogen-bond acceptors (Lipinski definition) is 5. The SMILES string of the molecule is O=C(NCCCN1CCCC(O)C1)c1cnc2c(c1)ncn2CCc1ccccc1. The molecule has 0 radical (unpaired) electrons. The first kappa shape index (κ1) is 20.5. The van der Waals surface area contributed by atoms with E-state index in [1.165, 1.54) is 5.56 Å². The van der Waals surface area contributed by atoms with Gasteiger partial charge in [-0.3, -0.25) is 4.79 Å². The Labute approximate surface area is 176 Å². The summed E-state index contributed by atoms with van der Waals surface area (Å²) in [6, 6.07) is 12.1. The molecule has 1 amide bonds. The van der Waals surface area contributed by atoms with E-state index >= 15 is 0 Å². The number of aromatic nitrogens is 3. The number of carbonyl (C=O) groups is 1. The van der Waals surface area contributed by atoms with Gasteiger partial charge in [-0.25, -0.2) is 9.97 Å². The molecule has 7 heteroatoms. The average molecular weight is 408 g/mol. The summed E-state index contributed by atoms with van der Waals surface area (Å²) < 4.78 is 2.02. The minimum Gasteiger partial charge on any atom is -0.392 e. The maximum absolute atomic E-state index is 12.5. The summed E-state index contributed by atoms with van der Waals surface area (Å²) in [5, 5.41) is 12.7. The molecule has 1 aliphatic rings. The van der Waals surface area contributed by atoms with Crippen molar-refractivity contribution >= 4 is 17.1 Å². The van der Waals surface area contributed by atoms with Crippen molar-refractivity contribution in [3.05, 3.63) is 60.0 Å². The molecule has 1 aliphatic heterocycles. The molecule has 0 spiro atoms. The van der Waals surface area contributed by atoms with Gasteiger partial charge >= 0.3 is 0 Å². The highest BCUT2D eigenvalue weighted by Crippen LogP contribution is 2.14. The Balaban J connectivity index is 1.28. The number of piperidine rings is 1. The molecular weight excluding hydrogens is 378 g/mol. The number of β-amino-alcohol motifs (C(OH)–C–C–N with tert-alkyl or cyclic N) is 1. The third-order valence-electron chi connectivity index (χ3n) is 5.62. The molecule has 2 N–H and O–H groups in total. The average Bonchev–Trinajstić information content (AvgIpc) is 3.18. The summed E-state index contributed by atoms with van der Waals surface area (Å²) in [5.41, 5.74) is 3.34. The Morgan fingerprint density at radius 1 is 1.20 bits per heavy atom. The number of hydrogen-bond donors (Lipinski definition) is 2. The molecule has 0 saturated carbocycles. The maximum Gasteiger partial charge on any atom is 0.252 e. The van der Waals surface area contributed by atoms with Crippen LogP contribution in [0.3, 0.4) is 0 Å². The van der Waals surface area contributed by atoms with Crippen molar-refractivity contribution in [2.75, 3.05) is 26.2 Å². The normalized spacial score (nSPS) is 17.3. The summed E-state index contributed by atoms with van der Waals surface area (Å²) in [5.74, 6) is -0.123. The van der Waals surface area contributed by atoms with Gasteiger partial charge in [-0.2, -0.15) is 0 Å².